The van der Waals surface area contributed by atoms with Gasteiger partial charge in [-0.05, 0) is 24.3 Å². The lowest BCUT2D eigenvalue weighted by Gasteiger charge is -2.05. The fraction of sp³-hybridized carbons (Fsp3) is 0. The van der Waals surface area contributed by atoms with Crippen LogP contribution in [0.25, 0.3) is 16.9 Å². The van der Waals surface area contributed by atoms with Crippen molar-refractivity contribution < 1.29 is 14.3 Å². The monoisotopic (exact) mass is 326 g/mol. The molecule has 2 heterocycles. The highest BCUT2D eigenvalue weighted by molar-refractivity contribution is 6.30. The van der Waals surface area contributed by atoms with Gasteiger partial charge in [-0.2, -0.15) is 0 Å². The van der Waals surface area contributed by atoms with Crippen LogP contribution in [0.15, 0.2) is 42.5 Å². The number of halogens is 3. The van der Waals surface area contributed by atoms with E-state index in [0.717, 1.165) is 0 Å². The van der Waals surface area contributed by atoms with Gasteiger partial charge in [0.2, 0.25) is 0 Å². The number of rotatable bonds is 2. The Kier molecular flexibility index (Phi) is 4.16. The van der Waals surface area contributed by atoms with Crippen LogP contribution in [0.4, 0.5) is 4.39 Å². The van der Waals surface area contributed by atoms with Crippen LogP contribution >= 0.6 is 24.0 Å². The summed E-state index contributed by atoms with van der Waals surface area (Å²) in [7, 11) is 0. The Morgan fingerprint density at radius 2 is 1.95 bits per heavy atom. The van der Waals surface area contributed by atoms with E-state index in [4.69, 9.17) is 11.6 Å². The van der Waals surface area contributed by atoms with E-state index in [1.165, 1.54) is 22.6 Å². The SMILES string of the molecule is Cl.O=C(O)c1nc2cccc(Cl)n2c1-c1cccc(F)c1. The second-order valence-corrected chi connectivity index (χ2v) is 4.55. The molecule has 3 aromatic rings. The minimum absolute atomic E-state index is 0. The third-order valence-electron chi connectivity index (χ3n) is 2.90. The quantitative estimate of drug-likeness (QED) is 0.726. The number of hydrogen-bond donors (Lipinski definition) is 1. The number of aromatic nitrogens is 2. The number of pyridine rings is 1. The van der Waals surface area contributed by atoms with Gasteiger partial charge in [0, 0.05) is 5.56 Å². The summed E-state index contributed by atoms with van der Waals surface area (Å²) < 4.78 is 14.9. The lowest BCUT2D eigenvalue weighted by atomic mass is 10.1. The van der Waals surface area contributed by atoms with Crippen molar-refractivity contribution in [2.24, 2.45) is 0 Å². The number of carbonyl (C=O) groups is 1. The molecule has 0 radical (unpaired) electrons. The Morgan fingerprint density at radius 3 is 2.62 bits per heavy atom. The molecule has 1 aromatic carbocycles. The van der Waals surface area contributed by atoms with E-state index in [1.54, 1.807) is 24.3 Å². The Hall–Kier alpha value is -2.11. The van der Waals surface area contributed by atoms with Crippen molar-refractivity contribution in [3.8, 4) is 11.3 Å². The van der Waals surface area contributed by atoms with Crippen LogP contribution in [0.5, 0.6) is 0 Å². The van der Waals surface area contributed by atoms with Crippen molar-refractivity contribution in [2.75, 3.05) is 0 Å². The number of nitrogens with zero attached hydrogens (tertiary/aromatic N) is 2. The Labute approximate surface area is 130 Å². The third-order valence-corrected chi connectivity index (χ3v) is 3.19. The first-order valence-electron chi connectivity index (χ1n) is 5.74. The molecule has 0 fully saturated rings. The largest absolute Gasteiger partial charge is 0.476 e. The first-order valence-corrected chi connectivity index (χ1v) is 6.12. The molecule has 0 unspecified atom stereocenters. The molecule has 0 atom stereocenters. The molecule has 1 N–H and O–H groups in total. The molecule has 0 aliphatic carbocycles. The van der Waals surface area contributed by atoms with Crippen LogP contribution in [0.2, 0.25) is 5.15 Å². The molecule has 108 valence electrons. The van der Waals surface area contributed by atoms with Crippen molar-refractivity contribution >= 4 is 35.6 Å². The van der Waals surface area contributed by atoms with Gasteiger partial charge in [-0.3, -0.25) is 4.40 Å². The van der Waals surface area contributed by atoms with Crippen molar-refractivity contribution in [3.05, 3.63) is 59.1 Å². The van der Waals surface area contributed by atoms with E-state index in [-0.39, 0.29) is 23.8 Å². The van der Waals surface area contributed by atoms with E-state index in [2.05, 4.69) is 4.98 Å². The number of carboxylic acid groups (broad SMARTS) is 1. The maximum atomic E-state index is 13.4. The van der Waals surface area contributed by atoms with Crippen LogP contribution in [-0.4, -0.2) is 20.5 Å². The summed E-state index contributed by atoms with van der Waals surface area (Å²) in [4.78, 5) is 15.4. The maximum Gasteiger partial charge on any atom is 0.356 e. The standard InChI is InChI=1S/C14H8ClFN2O2.ClH/c15-10-5-2-6-11-17-12(14(19)20)13(18(10)11)8-3-1-4-9(16)7-8;/h1-7H,(H,19,20);1H. The fourth-order valence-electron chi connectivity index (χ4n) is 2.10. The summed E-state index contributed by atoms with van der Waals surface area (Å²) in [5.41, 5.74) is 0.901. The Bertz CT molecular complexity index is 833. The van der Waals surface area contributed by atoms with Gasteiger partial charge in [-0.25, -0.2) is 14.2 Å². The summed E-state index contributed by atoms with van der Waals surface area (Å²) in [5, 5.41) is 9.58. The van der Waals surface area contributed by atoms with Gasteiger partial charge in [0.25, 0.3) is 0 Å². The molecule has 0 aliphatic rings. The second kappa shape index (κ2) is 5.71. The Morgan fingerprint density at radius 1 is 1.24 bits per heavy atom. The molecule has 0 spiro atoms. The molecule has 21 heavy (non-hydrogen) atoms. The van der Waals surface area contributed by atoms with Gasteiger partial charge >= 0.3 is 5.97 Å². The molecule has 0 amide bonds. The smallest absolute Gasteiger partial charge is 0.356 e. The molecular weight excluding hydrogens is 318 g/mol. The molecule has 7 heteroatoms. The van der Waals surface area contributed by atoms with E-state index in [9.17, 15) is 14.3 Å². The van der Waals surface area contributed by atoms with Crippen molar-refractivity contribution in [3.63, 3.8) is 0 Å². The fourth-order valence-corrected chi connectivity index (χ4v) is 2.35. The number of benzene rings is 1. The van der Waals surface area contributed by atoms with Crippen LogP contribution in [-0.2, 0) is 0 Å². The third kappa shape index (κ3) is 2.57. The lowest BCUT2D eigenvalue weighted by Crippen LogP contribution is -2.00. The molecule has 0 saturated carbocycles. The van der Waals surface area contributed by atoms with Crippen molar-refractivity contribution in [1.29, 1.82) is 0 Å². The predicted molar refractivity (Wildman–Crippen MR) is 79.8 cm³/mol. The van der Waals surface area contributed by atoms with Gasteiger partial charge in [0.15, 0.2) is 5.69 Å². The Balaban J connectivity index is 0.00000161. The first kappa shape index (κ1) is 15.3. The number of fused-ring (bicyclic) bond motifs is 1. The van der Waals surface area contributed by atoms with Gasteiger partial charge in [-0.15, -0.1) is 12.4 Å². The van der Waals surface area contributed by atoms with E-state index in [0.29, 0.717) is 16.4 Å². The zero-order valence-corrected chi connectivity index (χ0v) is 12.0. The molecule has 0 bridgehead atoms. The second-order valence-electron chi connectivity index (χ2n) is 4.17. The normalized spacial score (nSPS) is 10.4. The van der Waals surface area contributed by atoms with E-state index >= 15 is 0 Å². The van der Waals surface area contributed by atoms with Gasteiger partial charge < -0.3 is 5.11 Å². The van der Waals surface area contributed by atoms with E-state index in [1.807, 2.05) is 0 Å². The van der Waals surface area contributed by atoms with Crippen LogP contribution in [0.3, 0.4) is 0 Å². The topological polar surface area (TPSA) is 54.6 Å². The van der Waals surface area contributed by atoms with Gasteiger partial charge in [0.05, 0.1) is 5.69 Å². The molecule has 0 saturated heterocycles. The van der Waals surface area contributed by atoms with Gasteiger partial charge in [-0.1, -0.05) is 29.8 Å². The minimum Gasteiger partial charge on any atom is -0.476 e. The summed E-state index contributed by atoms with van der Waals surface area (Å²) in [6, 6.07) is 10.6. The summed E-state index contributed by atoms with van der Waals surface area (Å²) in [5.74, 6) is -1.65. The average Bonchev–Trinajstić information content (AvgIpc) is 2.80. The molecule has 4 nitrogen and oxygen atoms in total. The van der Waals surface area contributed by atoms with Crippen LogP contribution in [0, 0.1) is 5.82 Å². The highest BCUT2D eigenvalue weighted by Gasteiger charge is 2.21. The maximum absolute atomic E-state index is 13.4. The number of hydrogen-bond acceptors (Lipinski definition) is 2. The zero-order chi connectivity index (χ0) is 14.3. The molecule has 3 rings (SSSR count). The summed E-state index contributed by atoms with van der Waals surface area (Å²) >= 11 is 6.11. The molecular formula is C14H9Cl2FN2O2. The van der Waals surface area contributed by atoms with Gasteiger partial charge in [0.1, 0.15) is 16.6 Å². The number of imidazole rings is 1. The molecule has 0 aliphatic heterocycles. The van der Waals surface area contributed by atoms with Crippen molar-refractivity contribution in [2.45, 2.75) is 0 Å². The zero-order valence-electron chi connectivity index (χ0n) is 10.5. The summed E-state index contributed by atoms with van der Waals surface area (Å²) in [6.07, 6.45) is 0. The highest BCUT2D eigenvalue weighted by atomic mass is 35.5. The number of aromatic carboxylic acids is 1. The lowest BCUT2D eigenvalue weighted by molar-refractivity contribution is 0.0692. The summed E-state index contributed by atoms with van der Waals surface area (Å²) in [6.45, 7) is 0. The minimum atomic E-state index is -1.19. The van der Waals surface area contributed by atoms with E-state index < -0.39 is 11.8 Å². The first-order chi connectivity index (χ1) is 9.58. The van der Waals surface area contributed by atoms with Crippen molar-refractivity contribution in [1.82, 2.24) is 9.38 Å². The van der Waals surface area contributed by atoms with Crippen LogP contribution in [0.1, 0.15) is 10.5 Å². The highest BCUT2D eigenvalue weighted by Crippen LogP contribution is 2.28. The average molecular weight is 327 g/mol. The molecule has 2 aromatic heterocycles. The number of carboxylic acids is 1. The van der Waals surface area contributed by atoms with Crippen LogP contribution < -0.4 is 0 Å². The predicted octanol–water partition coefficient (Wildman–Crippen LogP) is 3.91.